The monoisotopic (exact) mass is 465 g/mol. The first-order valence-corrected chi connectivity index (χ1v) is 13.9. The van der Waals surface area contributed by atoms with E-state index in [0.717, 1.165) is 31.2 Å². The first kappa shape index (κ1) is 26.6. The molecule has 1 fully saturated rings. The van der Waals surface area contributed by atoms with E-state index >= 15 is 0 Å². The molecule has 0 aromatic heterocycles. The number of nitrogens with one attached hydrogen (secondary N) is 2. The molecule has 0 bridgehead atoms. The molecule has 7 nitrogen and oxygen atoms in total. The summed E-state index contributed by atoms with van der Waals surface area (Å²) in [7, 11) is -3.17. The molecule has 1 saturated carbocycles. The van der Waals surface area contributed by atoms with Crippen LogP contribution in [0.15, 0.2) is 30.3 Å². The van der Waals surface area contributed by atoms with Crippen LogP contribution in [-0.4, -0.2) is 47.7 Å². The number of rotatable bonds is 12. The molecular weight excluding hydrogens is 425 g/mol. The van der Waals surface area contributed by atoms with Crippen molar-refractivity contribution in [2.45, 2.75) is 70.9 Å². The van der Waals surface area contributed by atoms with E-state index in [-0.39, 0.29) is 23.9 Å². The predicted molar refractivity (Wildman–Crippen MR) is 129 cm³/mol. The summed E-state index contributed by atoms with van der Waals surface area (Å²) in [6.07, 6.45) is 7.06. The zero-order valence-electron chi connectivity index (χ0n) is 19.5. The molecule has 1 aromatic rings. The van der Waals surface area contributed by atoms with E-state index in [9.17, 15) is 19.0 Å². The Hall–Kier alpha value is -1.69. The van der Waals surface area contributed by atoms with Gasteiger partial charge < -0.3 is 21.3 Å². The number of benzene rings is 1. The van der Waals surface area contributed by atoms with Crippen molar-refractivity contribution in [1.29, 1.82) is 0 Å². The van der Waals surface area contributed by atoms with Gasteiger partial charge in [-0.15, -0.1) is 0 Å². The minimum atomic E-state index is -3.17. The lowest BCUT2D eigenvalue weighted by molar-refractivity contribution is -0.130. The van der Waals surface area contributed by atoms with Gasteiger partial charge in [0.25, 0.3) is 0 Å². The molecule has 0 saturated heterocycles. The Balaban J connectivity index is 1.76. The summed E-state index contributed by atoms with van der Waals surface area (Å²) in [5.74, 6) is -0.414. The molecule has 180 valence electrons. The van der Waals surface area contributed by atoms with Crippen LogP contribution in [0.1, 0.15) is 57.9 Å². The maximum absolute atomic E-state index is 12.6. The second kappa shape index (κ2) is 13.1. The molecule has 8 heteroatoms. The van der Waals surface area contributed by atoms with Crippen molar-refractivity contribution < 1.29 is 19.0 Å². The summed E-state index contributed by atoms with van der Waals surface area (Å²) < 4.78 is 12.5. The molecule has 0 spiro atoms. The quantitative estimate of drug-likeness (QED) is 0.279. The minimum Gasteiger partial charge on any atom is -0.354 e. The second-order valence-corrected chi connectivity index (χ2v) is 11.9. The zero-order valence-corrected chi connectivity index (χ0v) is 20.4. The van der Waals surface area contributed by atoms with Gasteiger partial charge in [0, 0.05) is 18.9 Å². The van der Waals surface area contributed by atoms with Gasteiger partial charge in [0.1, 0.15) is 6.04 Å². The van der Waals surface area contributed by atoms with Crippen molar-refractivity contribution in [3.05, 3.63) is 35.9 Å². The largest absolute Gasteiger partial charge is 0.354 e. The maximum Gasteiger partial charge on any atom is 0.242 e. The van der Waals surface area contributed by atoms with Crippen molar-refractivity contribution in [2.24, 2.45) is 17.6 Å². The number of carbonyl (C=O) groups is 2. The van der Waals surface area contributed by atoms with Crippen LogP contribution in [0.5, 0.6) is 0 Å². The van der Waals surface area contributed by atoms with E-state index in [1.165, 1.54) is 6.42 Å². The van der Waals surface area contributed by atoms with Crippen molar-refractivity contribution >= 4 is 19.2 Å². The lowest BCUT2D eigenvalue weighted by Gasteiger charge is -2.25. The third-order valence-electron chi connectivity index (χ3n) is 6.13. The summed E-state index contributed by atoms with van der Waals surface area (Å²) >= 11 is 0. The van der Waals surface area contributed by atoms with Crippen LogP contribution >= 0.6 is 7.37 Å². The zero-order chi connectivity index (χ0) is 23.6. The highest BCUT2D eigenvalue weighted by Crippen LogP contribution is 2.45. The van der Waals surface area contributed by atoms with E-state index in [2.05, 4.69) is 10.6 Å². The first-order chi connectivity index (χ1) is 15.2. The minimum absolute atomic E-state index is 0.113. The molecule has 0 radical (unpaired) electrons. The molecular formula is C24H40N3O4P. The van der Waals surface area contributed by atoms with Gasteiger partial charge in [-0.1, -0.05) is 63.4 Å². The molecule has 1 aliphatic carbocycles. The Labute approximate surface area is 192 Å². The normalized spacial score (nSPS) is 18.5. The van der Waals surface area contributed by atoms with E-state index in [4.69, 9.17) is 5.73 Å². The van der Waals surface area contributed by atoms with E-state index in [1.54, 1.807) is 0 Å². The highest BCUT2D eigenvalue weighted by atomic mass is 31.2. The summed E-state index contributed by atoms with van der Waals surface area (Å²) in [6.45, 7) is 4.03. The number of nitrogens with two attached hydrogens (primary N) is 1. The summed E-state index contributed by atoms with van der Waals surface area (Å²) in [6, 6.07) is 8.07. The van der Waals surface area contributed by atoms with Crippen molar-refractivity contribution in [3.8, 4) is 0 Å². The number of amides is 2. The van der Waals surface area contributed by atoms with Gasteiger partial charge in [-0.05, 0) is 43.1 Å². The van der Waals surface area contributed by atoms with Gasteiger partial charge in [-0.3, -0.25) is 14.2 Å². The predicted octanol–water partition coefficient (Wildman–Crippen LogP) is 3.05. The fourth-order valence-electron chi connectivity index (χ4n) is 4.27. The summed E-state index contributed by atoms with van der Waals surface area (Å²) in [4.78, 5) is 35.5. The average Bonchev–Trinajstić information content (AvgIpc) is 2.75. The van der Waals surface area contributed by atoms with Gasteiger partial charge in [-0.25, -0.2) is 0 Å². The molecule has 32 heavy (non-hydrogen) atoms. The molecule has 1 aliphatic rings. The molecule has 2 amide bonds. The van der Waals surface area contributed by atoms with Gasteiger partial charge in [-0.2, -0.15) is 0 Å². The van der Waals surface area contributed by atoms with Crippen LogP contribution in [0.2, 0.25) is 0 Å². The average molecular weight is 466 g/mol. The summed E-state index contributed by atoms with van der Waals surface area (Å²) in [5.41, 5.74) is 7.00. The third-order valence-corrected chi connectivity index (χ3v) is 8.24. The maximum atomic E-state index is 12.6. The van der Waals surface area contributed by atoms with Gasteiger partial charge in [0.15, 0.2) is 0 Å². The second-order valence-electron chi connectivity index (χ2n) is 9.43. The van der Waals surface area contributed by atoms with Crippen LogP contribution in [0, 0.1) is 11.8 Å². The number of carbonyl (C=O) groups excluding carboxylic acids is 2. The van der Waals surface area contributed by atoms with Gasteiger partial charge in [0.05, 0.1) is 6.04 Å². The van der Waals surface area contributed by atoms with Crippen molar-refractivity contribution in [3.63, 3.8) is 0 Å². The van der Waals surface area contributed by atoms with Crippen LogP contribution < -0.4 is 16.4 Å². The Bertz CT molecular complexity index is 766. The van der Waals surface area contributed by atoms with E-state index < -0.39 is 19.5 Å². The van der Waals surface area contributed by atoms with Crippen LogP contribution in [-0.2, 0) is 20.6 Å². The highest BCUT2D eigenvalue weighted by molar-refractivity contribution is 7.58. The van der Waals surface area contributed by atoms with Gasteiger partial charge in [0.2, 0.25) is 19.2 Å². The first-order valence-electron chi connectivity index (χ1n) is 11.9. The SMILES string of the molecule is CC(C)C(NC(=O)C(N)Cc1ccccc1)C(=O)NCCCP(=O)(O)CC1CCCCC1. The number of hydrogen-bond donors (Lipinski definition) is 4. The molecule has 3 unspecified atom stereocenters. The summed E-state index contributed by atoms with van der Waals surface area (Å²) in [5, 5.41) is 5.58. The fourth-order valence-corrected chi connectivity index (χ4v) is 6.27. The smallest absolute Gasteiger partial charge is 0.242 e. The van der Waals surface area contributed by atoms with Crippen LogP contribution in [0.25, 0.3) is 0 Å². The third kappa shape index (κ3) is 9.43. The van der Waals surface area contributed by atoms with Gasteiger partial charge >= 0.3 is 0 Å². The Morgan fingerprint density at radius 3 is 2.41 bits per heavy atom. The van der Waals surface area contributed by atoms with E-state index in [1.807, 2.05) is 44.2 Å². The molecule has 2 rings (SSSR count). The van der Waals surface area contributed by atoms with Crippen molar-refractivity contribution in [2.75, 3.05) is 18.9 Å². The number of hydrogen-bond acceptors (Lipinski definition) is 4. The fraction of sp³-hybridized carbons (Fsp3) is 0.667. The standard InChI is InChI=1S/C24H40N3O4P/c1-18(2)22(27-23(28)21(25)16-19-10-5-3-6-11-19)24(29)26-14-9-15-32(30,31)17-20-12-7-4-8-13-20/h3,5-6,10-11,18,20-22H,4,7-9,12-17,25H2,1-2H3,(H,26,29)(H,27,28)(H,30,31). The Morgan fingerprint density at radius 2 is 1.78 bits per heavy atom. The van der Waals surface area contributed by atoms with Crippen molar-refractivity contribution in [1.82, 2.24) is 10.6 Å². The van der Waals surface area contributed by atoms with Crippen LogP contribution in [0.4, 0.5) is 0 Å². The molecule has 1 aromatic carbocycles. The molecule has 3 atom stereocenters. The van der Waals surface area contributed by atoms with Crippen LogP contribution in [0.3, 0.4) is 0 Å². The van der Waals surface area contributed by atoms with E-state index in [0.29, 0.717) is 31.5 Å². The molecule has 0 aliphatic heterocycles. The molecule has 0 heterocycles. The highest BCUT2D eigenvalue weighted by Gasteiger charge is 2.27. The molecule has 5 N–H and O–H groups in total. The Morgan fingerprint density at radius 1 is 1.12 bits per heavy atom. The topological polar surface area (TPSA) is 122 Å². The lowest BCUT2D eigenvalue weighted by Crippen LogP contribution is -2.54. The Kier molecular flexibility index (Phi) is 10.9. The lowest BCUT2D eigenvalue weighted by atomic mass is 9.91.